The van der Waals surface area contributed by atoms with E-state index in [1.807, 2.05) is 0 Å². The Morgan fingerprint density at radius 1 is 0.943 bits per heavy atom. The standard InChI is InChI=1S/C27H34N6O2/c1-31-13-15-33(16-14-31)18-20-3-5-21(6-4-20)22-7-9-23(10-8-22)35-27-30-25(17-26(34)32(27)2)24-11-12-28-19-29-24/h3-6,11-12,17,19,22-23H,7-10,13-16,18H2,1-2H3/t22-,23-. The van der Waals surface area contributed by atoms with E-state index < -0.39 is 0 Å². The summed E-state index contributed by atoms with van der Waals surface area (Å²) in [4.78, 5) is 30.1. The van der Waals surface area contributed by atoms with E-state index >= 15 is 0 Å². The van der Waals surface area contributed by atoms with Gasteiger partial charge in [0.25, 0.3) is 11.6 Å². The van der Waals surface area contributed by atoms with Crippen molar-refractivity contribution in [3.8, 4) is 17.4 Å². The highest BCUT2D eigenvalue weighted by Crippen LogP contribution is 2.34. The van der Waals surface area contributed by atoms with Crippen LogP contribution in [0.4, 0.5) is 0 Å². The number of aromatic nitrogens is 4. The molecule has 184 valence electrons. The van der Waals surface area contributed by atoms with Gasteiger partial charge in [0.05, 0.1) is 11.4 Å². The van der Waals surface area contributed by atoms with E-state index in [1.165, 1.54) is 28.1 Å². The quantitative estimate of drug-likeness (QED) is 0.543. The Morgan fingerprint density at radius 3 is 2.37 bits per heavy atom. The molecule has 0 unspecified atom stereocenters. The van der Waals surface area contributed by atoms with Gasteiger partial charge in [0, 0.05) is 52.0 Å². The normalized spacial score (nSPS) is 21.7. The molecule has 3 aromatic rings. The van der Waals surface area contributed by atoms with Gasteiger partial charge >= 0.3 is 0 Å². The van der Waals surface area contributed by atoms with Crippen molar-refractivity contribution in [3.05, 3.63) is 70.4 Å². The second-order valence-electron chi connectivity index (χ2n) is 9.83. The first kappa shape index (κ1) is 23.6. The molecule has 1 aliphatic heterocycles. The van der Waals surface area contributed by atoms with Gasteiger partial charge in [0.1, 0.15) is 12.4 Å². The summed E-state index contributed by atoms with van der Waals surface area (Å²) in [6.45, 7) is 5.62. The molecular formula is C27H34N6O2. The van der Waals surface area contributed by atoms with Crippen molar-refractivity contribution in [1.29, 1.82) is 0 Å². The zero-order chi connectivity index (χ0) is 24.2. The van der Waals surface area contributed by atoms with Crippen LogP contribution in [0.2, 0.25) is 0 Å². The SMILES string of the molecule is CN1CCN(Cc2ccc([C@H]3CC[C@H](Oc4nc(-c5ccncn5)cc(=O)n4C)CC3)cc2)CC1. The van der Waals surface area contributed by atoms with Crippen molar-refractivity contribution in [2.24, 2.45) is 7.05 Å². The molecule has 3 heterocycles. The fraction of sp³-hybridized carbons (Fsp3) is 0.481. The van der Waals surface area contributed by atoms with Gasteiger partial charge < -0.3 is 9.64 Å². The summed E-state index contributed by atoms with van der Waals surface area (Å²) in [5.41, 5.74) is 3.78. The Kier molecular flexibility index (Phi) is 7.20. The topological polar surface area (TPSA) is 76.4 Å². The Bertz CT molecular complexity index is 1160. The Hall–Kier alpha value is -3.10. The minimum absolute atomic E-state index is 0.0569. The molecule has 2 aromatic heterocycles. The number of ether oxygens (including phenoxy) is 1. The molecule has 2 fully saturated rings. The highest BCUT2D eigenvalue weighted by atomic mass is 16.5. The van der Waals surface area contributed by atoms with Crippen LogP contribution >= 0.6 is 0 Å². The van der Waals surface area contributed by atoms with Crippen molar-refractivity contribution >= 4 is 0 Å². The molecule has 2 aliphatic rings. The van der Waals surface area contributed by atoms with Gasteiger partial charge in [-0.25, -0.2) is 9.97 Å². The molecule has 0 bridgehead atoms. The number of rotatable bonds is 6. The molecule has 5 rings (SSSR count). The predicted octanol–water partition coefficient (Wildman–Crippen LogP) is 3.09. The van der Waals surface area contributed by atoms with Gasteiger partial charge in [0.2, 0.25) is 0 Å². The molecule has 0 spiro atoms. The summed E-state index contributed by atoms with van der Waals surface area (Å²) in [5, 5.41) is 0. The molecule has 0 radical (unpaired) electrons. The van der Waals surface area contributed by atoms with Crippen LogP contribution in [-0.4, -0.2) is 68.6 Å². The fourth-order valence-electron chi connectivity index (χ4n) is 5.02. The Morgan fingerprint density at radius 2 is 1.69 bits per heavy atom. The Balaban J connectivity index is 1.17. The molecule has 35 heavy (non-hydrogen) atoms. The van der Waals surface area contributed by atoms with Crippen LogP contribution in [0, 0.1) is 0 Å². The minimum Gasteiger partial charge on any atom is -0.461 e. The molecule has 0 atom stereocenters. The number of nitrogens with zero attached hydrogens (tertiary/aromatic N) is 6. The van der Waals surface area contributed by atoms with E-state index in [2.05, 4.69) is 56.1 Å². The van der Waals surface area contributed by atoms with Crippen LogP contribution < -0.4 is 10.3 Å². The zero-order valence-electron chi connectivity index (χ0n) is 20.6. The van der Waals surface area contributed by atoms with E-state index in [4.69, 9.17) is 4.74 Å². The van der Waals surface area contributed by atoms with E-state index in [0.717, 1.165) is 58.4 Å². The number of hydrogen-bond donors (Lipinski definition) is 0. The van der Waals surface area contributed by atoms with Gasteiger partial charge in [-0.05, 0) is 55.8 Å². The van der Waals surface area contributed by atoms with Gasteiger partial charge in [-0.1, -0.05) is 24.3 Å². The van der Waals surface area contributed by atoms with E-state index in [-0.39, 0.29) is 11.7 Å². The van der Waals surface area contributed by atoms with Crippen LogP contribution in [0.25, 0.3) is 11.4 Å². The highest BCUT2D eigenvalue weighted by molar-refractivity contribution is 5.52. The molecule has 8 nitrogen and oxygen atoms in total. The summed E-state index contributed by atoms with van der Waals surface area (Å²) >= 11 is 0. The third-order valence-electron chi connectivity index (χ3n) is 7.34. The number of likely N-dealkylation sites (N-methyl/N-ethyl adjacent to an activating group) is 1. The van der Waals surface area contributed by atoms with Crippen molar-refractivity contribution in [2.45, 2.75) is 44.2 Å². The third kappa shape index (κ3) is 5.77. The number of piperazine rings is 1. The van der Waals surface area contributed by atoms with Gasteiger partial charge in [-0.15, -0.1) is 0 Å². The van der Waals surface area contributed by atoms with Crippen LogP contribution in [0.3, 0.4) is 0 Å². The van der Waals surface area contributed by atoms with Crippen LogP contribution in [-0.2, 0) is 13.6 Å². The largest absolute Gasteiger partial charge is 0.461 e. The molecule has 1 aliphatic carbocycles. The minimum atomic E-state index is -0.158. The van der Waals surface area contributed by atoms with Gasteiger partial charge in [-0.2, -0.15) is 4.98 Å². The van der Waals surface area contributed by atoms with Crippen molar-refractivity contribution in [2.75, 3.05) is 33.2 Å². The summed E-state index contributed by atoms with van der Waals surface area (Å²) in [7, 11) is 3.89. The molecule has 8 heteroatoms. The van der Waals surface area contributed by atoms with E-state index in [0.29, 0.717) is 23.3 Å². The Labute approximate surface area is 206 Å². The fourth-order valence-corrected chi connectivity index (χ4v) is 5.02. The van der Waals surface area contributed by atoms with E-state index in [1.54, 1.807) is 19.3 Å². The van der Waals surface area contributed by atoms with Crippen molar-refractivity contribution in [3.63, 3.8) is 0 Å². The van der Waals surface area contributed by atoms with Gasteiger partial charge in [0.15, 0.2) is 0 Å². The predicted molar refractivity (Wildman–Crippen MR) is 135 cm³/mol. The number of benzene rings is 1. The smallest absolute Gasteiger partial charge is 0.299 e. The summed E-state index contributed by atoms with van der Waals surface area (Å²) in [5.74, 6) is 0.552. The monoisotopic (exact) mass is 474 g/mol. The maximum atomic E-state index is 12.5. The van der Waals surface area contributed by atoms with Crippen molar-refractivity contribution < 1.29 is 4.74 Å². The average molecular weight is 475 g/mol. The lowest BCUT2D eigenvalue weighted by atomic mass is 9.82. The maximum Gasteiger partial charge on any atom is 0.299 e. The first-order valence-corrected chi connectivity index (χ1v) is 12.6. The average Bonchev–Trinajstić information content (AvgIpc) is 2.89. The maximum absolute atomic E-state index is 12.5. The van der Waals surface area contributed by atoms with Crippen LogP contribution in [0.5, 0.6) is 6.01 Å². The van der Waals surface area contributed by atoms with Crippen LogP contribution in [0.1, 0.15) is 42.7 Å². The summed E-state index contributed by atoms with van der Waals surface area (Å²) in [6.07, 6.45) is 7.19. The van der Waals surface area contributed by atoms with E-state index in [9.17, 15) is 4.79 Å². The summed E-state index contributed by atoms with van der Waals surface area (Å²) in [6, 6.07) is 12.8. The lowest BCUT2D eigenvalue weighted by molar-refractivity contribution is 0.128. The molecule has 1 saturated carbocycles. The number of hydrogen-bond acceptors (Lipinski definition) is 7. The third-order valence-corrected chi connectivity index (χ3v) is 7.34. The van der Waals surface area contributed by atoms with Crippen molar-refractivity contribution in [1.82, 2.24) is 29.3 Å². The first-order valence-electron chi connectivity index (χ1n) is 12.6. The molecular weight excluding hydrogens is 440 g/mol. The lowest BCUT2D eigenvalue weighted by Crippen LogP contribution is -2.43. The van der Waals surface area contributed by atoms with Gasteiger partial charge in [-0.3, -0.25) is 14.3 Å². The lowest BCUT2D eigenvalue weighted by Gasteiger charge is -2.32. The molecule has 0 amide bonds. The first-order chi connectivity index (χ1) is 17.0. The van der Waals surface area contributed by atoms with Crippen LogP contribution in [0.15, 0.2) is 53.7 Å². The second kappa shape index (κ2) is 10.7. The zero-order valence-corrected chi connectivity index (χ0v) is 20.6. The highest BCUT2D eigenvalue weighted by Gasteiger charge is 2.25. The molecule has 1 saturated heterocycles. The molecule has 1 aromatic carbocycles. The molecule has 0 N–H and O–H groups in total. The second-order valence-corrected chi connectivity index (χ2v) is 9.83. The summed E-state index contributed by atoms with van der Waals surface area (Å²) < 4.78 is 7.69.